The van der Waals surface area contributed by atoms with Crippen molar-refractivity contribution < 1.29 is 13.2 Å². The monoisotopic (exact) mass is 243 g/mol. The van der Waals surface area contributed by atoms with Gasteiger partial charge < -0.3 is 5.32 Å². The number of halogens is 3. The van der Waals surface area contributed by atoms with Gasteiger partial charge in [-0.15, -0.1) is 0 Å². The van der Waals surface area contributed by atoms with Gasteiger partial charge in [0.1, 0.15) is 0 Å². The van der Waals surface area contributed by atoms with Crippen molar-refractivity contribution >= 4 is 0 Å². The zero-order valence-corrected chi connectivity index (χ0v) is 9.72. The second-order valence-corrected chi connectivity index (χ2v) is 4.70. The van der Waals surface area contributed by atoms with Gasteiger partial charge in [-0.05, 0) is 49.9 Å². The number of hydrogen-bond donors (Lipinski definition) is 1. The SMILES string of the molecule is CC(NCC1CC1)c1cccc(C(F)(F)F)c1. The van der Waals surface area contributed by atoms with Crippen molar-refractivity contribution in [1.29, 1.82) is 0 Å². The Morgan fingerprint density at radius 3 is 2.65 bits per heavy atom. The number of alkyl halides is 3. The Kier molecular flexibility index (Phi) is 3.43. The number of benzene rings is 1. The average Bonchev–Trinajstić information content (AvgIpc) is 3.09. The standard InChI is InChI=1S/C13H16F3N/c1-9(17-8-10-5-6-10)11-3-2-4-12(7-11)13(14,15)16/h2-4,7,9-10,17H,5-6,8H2,1H3. The van der Waals surface area contributed by atoms with E-state index in [9.17, 15) is 13.2 Å². The third-order valence-electron chi connectivity index (χ3n) is 3.12. The molecule has 0 radical (unpaired) electrons. The first-order chi connectivity index (χ1) is 7.97. The van der Waals surface area contributed by atoms with Crippen LogP contribution in [0.3, 0.4) is 0 Å². The summed E-state index contributed by atoms with van der Waals surface area (Å²) < 4.78 is 37.6. The molecule has 4 heteroatoms. The van der Waals surface area contributed by atoms with Crippen molar-refractivity contribution in [3.63, 3.8) is 0 Å². The number of nitrogens with one attached hydrogen (secondary N) is 1. The quantitative estimate of drug-likeness (QED) is 0.848. The van der Waals surface area contributed by atoms with Gasteiger partial charge in [-0.3, -0.25) is 0 Å². The molecule has 0 aromatic heterocycles. The third kappa shape index (κ3) is 3.46. The lowest BCUT2D eigenvalue weighted by Gasteiger charge is -2.16. The van der Waals surface area contributed by atoms with Crippen LogP contribution in [-0.2, 0) is 6.18 Å². The Labute approximate surface area is 99.0 Å². The van der Waals surface area contributed by atoms with Crippen LogP contribution in [0.25, 0.3) is 0 Å². The van der Waals surface area contributed by atoms with Crippen LogP contribution in [0, 0.1) is 5.92 Å². The van der Waals surface area contributed by atoms with Crippen molar-refractivity contribution in [2.75, 3.05) is 6.54 Å². The summed E-state index contributed by atoms with van der Waals surface area (Å²) in [4.78, 5) is 0. The molecule has 1 aromatic rings. The maximum absolute atomic E-state index is 12.5. The summed E-state index contributed by atoms with van der Waals surface area (Å²) in [6.07, 6.45) is -1.78. The molecule has 1 fully saturated rings. The summed E-state index contributed by atoms with van der Waals surface area (Å²) in [5.41, 5.74) is 0.121. The molecule has 1 N–H and O–H groups in total. The van der Waals surface area contributed by atoms with E-state index in [1.807, 2.05) is 6.92 Å². The highest BCUT2D eigenvalue weighted by atomic mass is 19.4. The third-order valence-corrected chi connectivity index (χ3v) is 3.12. The van der Waals surface area contributed by atoms with E-state index in [1.165, 1.54) is 25.0 Å². The van der Waals surface area contributed by atoms with Gasteiger partial charge in [0.05, 0.1) is 5.56 Å². The summed E-state index contributed by atoms with van der Waals surface area (Å²) in [5, 5.41) is 3.27. The van der Waals surface area contributed by atoms with E-state index in [0.29, 0.717) is 5.56 Å². The second-order valence-electron chi connectivity index (χ2n) is 4.70. The lowest BCUT2D eigenvalue weighted by Crippen LogP contribution is -2.21. The van der Waals surface area contributed by atoms with E-state index < -0.39 is 11.7 Å². The molecule has 0 spiro atoms. The van der Waals surface area contributed by atoms with Crippen LogP contribution < -0.4 is 5.32 Å². The van der Waals surface area contributed by atoms with Crippen LogP contribution in [0.5, 0.6) is 0 Å². The fourth-order valence-electron chi connectivity index (χ4n) is 1.77. The molecule has 1 aromatic carbocycles. The van der Waals surface area contributed by atoms with Gasteiger partial charge in [-0.2, -0.15) is 13.2 Å². The van der Waals surface area contributed by atoms with E-state index in [0.717, 1.165) is 18.5 Å². The summed E-state index contributed by atoms with van der Waals surface area (Å²) >= 11 is 0. The Bertz CT molecular complexity index is 382. The minimum Gasteiger partial charge on any atom is -0.310 e. The first-order valence-corrected chi connectivity index (χ1v) is 5.87. The number of rotatable bonds is 4. The molecule has 1 unspecified atom stereocenters. The van der Waals surface area contributed by atoms with Gasteiger partial charge in [-0.25, -0.2) is 0 Å². The fourth-order valence-corrected chi connectivity index (χ4v) is 1.77. The van der Waals surface area contributed by atoms with E-state index >= 15 is 0 Å². The maximum atomic E-state index is 12.5. The molecule has 0 bridgehead atoms. The zero-order valence-electron chi connectivity index (χ0n) is 9.72. The van der Waals surface area contributed by atoms with Gasteiger partial charge >= 0.3 is 6.18 Å². The molecule has 2 rings (SSSR count). The molecular formula is C13H16F3N. The van der Waals surface area contributed by atoms with Crippen molar-refractivity contribution in [2.45, 2.75) is 32.0 Å². The highest BCUT2D eigenvalue weighted by molar-refractivity contribution is 5.27. The molecule has 94 valence electrons. The molecule has 1 atom stereocenters. The van der Waals surface area contributed by atoms with Crippen molar-refractivity contribution in [2.24, 2.45) is 5.92 Å². The smallest absolute Gasteiger partial charge is 0.310 e. The van der Waals surface area contributed by atoms with Crippen molar-refractivity contribution in [3.05, 3.63) is 35.4 Å². The fraction of sp³-hybridized carbons (Fsp3) is 0.538. The molecule has 17 heavy (non-hydrogen) atoms. The Hall–Kier alpha value is -1.03. The summed E-state index contributed by atoms with van der Waals surface area (Å²) in [7, 11) is 0. The topological polar surface area (TPSA) is 12.0 Å². The minimum atomic E-state index is -4.26. The molecule has 0 amide bonds. The van der Waals surface area contributed by atoms with Crippen molar-refractivity contribution in [3.8, 4) is 0 Å². The zero-order chi connectivity index (χ0) is 12.5. The van der Waals surface area contributed by atoms with E-state index in [4.69, 9.17) is 0 Å². The molecule has 1 aliphatic rings. The molecule has 0 aliphatic heterocycles. The predicted molar refractivity (Wildman–Crippen MR) is 60.6 cm³/mol. The summed E-state index contributed by atoms with van der Waals surface area (Å²) in [6.45, 7) is 2.80. The van der Waals surface area contributed by atoms with Gasteiger partial charge in [0, 0.05) is 6.04 Å². The highest BCUT2D eigenvalue weighted by Gasteiger charge is 2.30. The highest BCUT2D eigenvalue weighted by Crippen LogP contribution is 2.31. The Morgan fingerprint density at radius 1 is 1.35 bits per heavy atom. The van der Waals surface area contributed by atoms with Gasteiger partial charge in [-0.1, -0.05) is 12.1 Å². The second kappa shape index (κ2) is 4.69. The van der Waals surface area contributed by atoms with Crippen LogP contribution in [-0.4, -0.2) is 6.54 Å². The molecular weight excluding hydrogens is 227 g/mol. The van der Waals surface area contributed by atoms with Gasteiger partial charge in [0.2, 0.25) is 0 Å². The van der Waals surface area contributed by atoms with Gasteiger partial charge in [0.15, 0.2) is 0 Å². The Morgan fingerprint density at radius 2 is 2.06 bits per heavy atom. The number of hydrogen-bond acceptors (Lipinski definition) is 1. The van der Waals surface area contributed by atoms with Crippen LogP contribution in [0.15, 0.2) is 24.3 Å². The summed E-state index contributed by atoms with van der Waals surface area (Å²) in [5.74, 6) is 0.725. The maximum Gasteiger partial charge on any atom is 0.416 e. The van der Waals surface area contributed by atoms with Crippen LogP contribution in [0.2, 0.25) is 0 Å². The lowest BCUT2D eigenvalue weighted by molar-refractivity contribution is -0.137. The van der Waals surface area contributed by atoms with E-state index in [1.54, 1.807) is 6.07 Å². The molecule has 1 nitrogen and oxygen atoms in total. The first-order valence-electron chi connectivity index (χ1n) is 5.87. The van der Waals surface area contributed by atoms with Gasteiger partial charge in [0.25, 0.3) is 0 Å². The van der Waals surface area contributed by atoms with Crippen molar-refractivity contribution in [1.82, 2.24) is 5.32 Å². The lowest BCUT2D eigenvalue weighted by atomic mass is 10.0. The van der Waals surface area contributed by atoms with Crippen LogP contribution >= 0.6 is 0 Å². The Balaban J connectivity index is 2.03. The molecule has 1 aliphatic carbocycles. The largest absolute Gasteiger partial charge is 0.416 e. The average molecular weight is 243 g/mol. The van der Waals surface area contributed by atoms with Crippen LogP contribution in [0.4, 0.5) is 13.2 Å². The molecule has 0 heterocycles. The minimum absolute atomic E-state index is 0.0297. The normalized spacial score (nSPS) is 18.1. The summed E-state index contributed by atoms with van der Waals surface area (Å²) in [6, 6.07) is 5.51. The molecule has 1 saturated carbocycles. The van der Waals surface area contributed by atoms with E-state index in [2.05, 4.69) is 5.32 Å². The van der Waals surface area contributed by atoms with E-state index in [-0.39, 0.29) is 6.04 Å². The first kappa shape index (κ1) is 12.4. The van der Waals surface area contributed by atoms with Crippen LogP contribution in [0.1, 0.15) is 36.9 Å². The molecule has 0 saturated heterocycles. The predicted octanol–water partition coefficient (Wildman–Crippen LogP) is 3.77.